The Hall–Kier alpha value is -1.54. The number of hydrogen-bond acceptors (Lipinski definition) is 3. The molecule has 1 aromatic rings. The van der Waals surface area contributed by atoms with E-state index in [1.165, 1.54) is 10.9 Å². The van der Waals surface area contributed by atoms with Crippen molar-refractivity contribution in [3.63, 3.8) is 0 Å². The normalized spacial score (nSPS) is 9.54. The van der Waals surface area contributed by atoms with Gasteiger partial charge in [0.05, 0.1) is 17.8 Å². The van der Waals surface area contributed by atoms with Crippen LogP contribution in [0.4, 0.5) is 5.82 Å². The lowest BCUT2D eigenvalue weighted by Crippen LogP contribution is -1.98. The summed E-state index contributed by atoms with van der Waals surface area (Å²) >= 11 is 5.54. The summed E-state index contributed by atoms with van der Waals surface area (Å²) in [6, 6.07) is 0. The first kappa shape index (κ1) is 9.55. The van der Waals surface area contributed by atoms with Gasteiger partial charge in [0, 0.05) is 6.42 Å². The zero-order valence-corrected chi connectivity index (χ0v) is 7.36. The lowest BCUT2D eigenvalue weighted by molar-refractivity contribution is -0.389. The molecule has 0 aliphatic rings. The minimum Gasteiger partial charge on any atom is -0.358 e. The molecular formula is C7H6ClN3O2. The molecule has 0 aliphatic carbocycles. The Balaban J connectivity index is 2.84. The number of nitro groups is 1. The van der Waals surface area contributed by atoms with Crippen molar-refractivity contribution in [1.29, 1.82) is 0 Å². The Morgan fingerprint density at radius 1 is 1.85 bits per heavy atom. The Morgan fingerprint density at radius 3 is 3.00 bits per heavy atom. The predicted octanol–water partition coefficient (Wildman–Crippen LogP) is 1.47. The minimum atomic E-state index is -0.630. The molecule has 0 unspecified atom stereocenters. The van der Waals surface area contributed by atoms with E-state index in [-0.39, 0.29) is 10.8 Å². The van der Waals surface area contributed by atoms with E-state index in [9.17, 15) is 10.1 Å². The zero-order chi connectivity index (χ0) is 9.84. The van der Waals surface area contributed by atoms with E-state index in [1.54, 1.807) is 0 Å². The van der Waals surface area contributed by atoms with Crippen molar-refractivity contribution in [3.8, 4) is 12.3 Å². The standard InChI is InChI=1S/C7H6ClN3O2/c1-2-3-4-10-5-6(8)7(9-10)11(12)13/h1,5H,3-4H2. The van der Waals surface area contributed by atoms with E-state index < -0.39 is 4.92 Å². The van der Waals surface area contributed by atoms with Crippen molar-refractivity contribution in [1.82, 2.24) is 9.78 Å². The first-order valence-electron chi connectivity index (χ1n) is 3.46. The average molecular weight is 200 g/mol. The van der Waals surface area contributed by atoms with Gasteiger partial charge in [-0.2, -0.15) is 4.68 Å². The second-order valence-corrected chi connectivity index (χ2v) is 2.68. The van der Waals surface area contributed by atoms with Gasteiger partial charge in [0.1, 0.15) is 0 Å². The maximum atomic E-state index is 10.3. The zero-order valence-electron chi connectivity index (χ0n) is 6.61. The number of aromatic nitrogens is 2. The summed E-state index contributed by atoms with van der Waals surface area (Å²) in [5.41, 5.74) is 0. The molecule has 1 aromatic heterocycles. The molecule has 0 aromatic carbocycles. The number of terminal acetylenes is 1. The van der Waals surface area contributed by atoms with Crippen molar-refractivity contribution in [3.05, 3.63) is 21.3 Å². The van der Waals surface area contributed by atoms with Crippen molar-refractivity contribution < 1.29 is 4.92 Å². The molecule has 68 valence electrons. The van der Waals surface area contributed by atoms with Crippen molar-refractivity contribution in [2.24, 2.45) is 0 Å². The van der Waals surface area contributed by atoms with E-state index in [0.717, 1.165) is 0 Å². The Morgan fingerprint density at radius 2 is 2.54 bits per heavy atom. The van der Waals surface area contributed by atoms with Gasteiger partial charge in [0.2, 0.25) is 0 Å². The van der Waals surface area contributed by atoms with Crippen LogP contribution in [0, 0.1) is 22.5 Å². The van der Waals surface area contributed by atoms with E-state index >= 15 is 0 Å². The van der Waals surface area contributed by atoms with E-state index in [4.69, 9.17) is 18.0 Å². The molecule has 0 N–H and O–H groups in total. The summed E-state index contributed by atoms with van der Waals surface area (Å²) in [6.45, 7) is 0.435. The molecule has 0 saturated carbocycles. The predicted molar refractivity (Wildman–Crippen MR) is 47.3 cm³/mol. The number of hydrogen-bond donors (Lipinski definition) is 0. The molecule has 0 saturated heterocycles. The van der Waals surface area contributed by atoms with Crippen molar-refractivity contribution in [2.45, 2.75) is 13.0 Å². The van der Waals surface area contributed by atoms with E-state index in [0.29, 0.717) is 13.0 Å². The highest BCUT2D eigenvalue weighted by Gasteiger charge is 2.18. The van der Waals surface area contributed by atoms with E-state index in [1.807, 2.05) is 0 Å². The van der Waals surface area contributed by atoms with Gasteiger partial charge in [-0.15, -0.1) is 12.3 Å². The molecule has 0 spiro atoms. The van der Waals surface area contributed by atoms with Crippen LogP contribution in [0.1, 0.15) is 6.42 Å². The van der Waals surface area contributed by atoms with Crippen LogP contribution in [0.3, 0.4) is 0 Å². The smallest absolute Gasteiger partial charge is 0.358 e. The maximum Gasteiger partial charge on any atom is 0.408 e. The van der Waals surface area contributed by atoms with Gasteiger partial charge in [0.15, 0.2) is 5.02 Å². The summed E-state index contributed by atoms with van der Waals surface area (Å²) in [4.78, 5) is 9.68. The fourth-order valence-corrected chi connectivity index (χ4v) is 1.02. The summed E-state index contributed by atoms with van der Waals surface area (Å²) < 4.78 is 1.36. The van der Waals surface area contributed by atoms with Gasteiger partial charge >= 0.3 is 5.82 Å². The van der Waals surface area contributed by atoms with Crippen LogP contribution in [-0.4, -0.2) is 14.7 Å². The number of aryl methyl sites for hydroxylation is 1. The molecule has 0 amide bonds. The molecular weight excluding hydrogens is 194 g/mol. The van der Waals surface area contributed by atoms with Crippen LogP contribution in [0.25, 0.3) is 0 Å². The minimum absolute atomic E-state index is 0.0296. The lowest BCUT2D eigenvalue weighted by atomic mass is 10.4. The highest BCUT2D eigenvalue weighted by molar-refractivity contribution is 6.32. The topological polar surface area (TPSA) is 61.0 Å². The Labute approximate surface area is 79.5 Å². The van der Waals surface area contributed by atoms with Gasteiger partial charge in [0.25, 0.3) is 0 Å². The molecule has 5 nitrogen and oxygen atoms in total. The third-order valence-corrected chi connectivity index (χ3v) is 1.62. The van der Waals surface area contributed by atoms with Gasteiger partial charge in [-0.25, -0.2) is 0 Å². The molecule has 0 aliphatic heterocycles. The van der Waals surface area contributed by atoms with Crippen LogP contribution < -0.4 is 0 Å². The summed E-state index contributed by atoms with van der Waals surface area (Å²) in [5, 5.41) is 14.0. The molecule has 0 radical (unpaired) electrons. The third kappa shape index (κ3) is 2.20. The average Bonchev–Trinajstić information content (AvgIpc) is 2.43. The molecule has 0 atom stereocenters. The highest BCUT2D eigenvalue weighted by Crippen LogP contribution is 2.21. The quantitative estimate of drug-likeness (QED) is 0.421. The van der Waals surface area contributed by atoms with Gasteiger partial charge in [-0.1, -0.05) is 11.6 Å². The lowest BCUT2D eigenvalue weighted by Gasteiger charge is -1.87. The molecule has 13 heavy (non-hydrogen) atoms. The Kier molecular flexibility index (Phi) is 2.88. The molecule has 6 heteroatoms. The maximum absolute atomic E-state index is 10.3. The Bertz CT molecular complexity index is 366. The fourth-order valence-electron chi connectivity index (χ4n) is 0.804. The third-order valence-electron chi connectivity index (χ3n) is 1.36. The second-order valence-electron chi connectivity index (χ2n) is 2.27. The summed E-state index contributed by atoms with van der Waals surface area (Å²) in [5.74, 6) is 2.07. The van der Waals surface area contributed by atoms with Gasteiger partial charge < -0.3 is 10.1 Å². The molecule has 0 bridgehead atoms. The van der Waals surface area contributed by atoms with E-state index in [2.05, 4.69) is 11.0 Å². The molecule has 1 heterocycles. The van der Waals surface area contributed by atoms with Gasteiger partial charge in [-0.3, -0.25) is 0 Å². The molecule has 1 rings (SSSR count). The molecule has 0 fully saturated rings. The first-order valence-corrected chi connectivity index (χ1v) is 3.83. The number of halogens is 1. The van der Waals surface area contributed by atoms with Crippen LogP contribution in [0.15, 0.2) is 6.20 Å². The monoisotopic (exact) mass is 199 g/mol. The largest absolute Gasteiger partial charge is 0.408 e. The second kappa shape index (κ2) is 3.92. The van der Waals surface area contributed by atoms with Crippen LogP contribution in [0.2, 0.25) is 5.02 Å². The number of rotatable bonds is 3. The van der Waals surface area contributed by atoms with Crippen molar-refractivity contribution >= 4 is 17.4 Å². The van der Waals surface area contributed by atoms with Crippen LogP contribution >= 0.6 is 11.6 Å². The number of nitrogens with zero attached hydrogens (tertiary/aromatic N) is 3. The summed E-state index contributed by atoms with van der Waals surface area (Å²) in [7, 11) is 0. The fraction of sp³-hybridized carbons (Fsp3) is 0.286. The van der Waals surface area contributed by atoms with Crippen LogP contribution in [0.5, 0.6) is 0 Å². The SMILES string of the molecule is C#CCCn1cc(Cl)c([N+](=O)[O-])n1. The first-order chi connectivity index (χ1) is 6.15. The van der Waals surface area contributed by atoms with Gasteiger partial charge in [-0.05, 0) is 4.92 Å². The van der Waals surface area contributed by atoms with Crippen molar-refractivity contribution in [2.75, 3.05) is 0 Å². The highest BCUT2D eigenvalue weighted by atomic mass is 35.5. The van der Waals surface area contributed by atoms with Crippen LogP contribution in [-0.2, 0) is 6.54 Å². The summed E-state index contributed by atoms with van der Waals surface area (Å²) in [6.07, 6.45) is 6.88.